The van der Waals surface area contributed by atoms with Gasteiger partial charge in [0.1, 0.15) is 18.3 Å². The Morgan fingerprint density at radius 2 is 2.16 bits per heavy atom. The Bertz CT molecular complexity index is 504. The van der Waals surface area contributed by atoms with Crippen LogP contribution in [-0.4, -0.2) is 24.9 Å². The van der Waals surface area contributed by atoms with Crippen LogP contribution in [0.25, 0.3) is 0 Å². The van der Waals surface area contributed by atoms with E-state index < -0.39 is 0 Å². The Morgan fingerprint density at radius 3 is 2.84 bits per heavy atom. The van der Waals surface area contributed by atoms with Crippen molar-refractivity contribution in [3.8, 4) is 5.75 Å². The average Bonchev–Trinajstić information content (AvgIpc) is 2.46. The van der Waals surface area contributed by atoms with Gasteiger partial charge in [-0.3, -0.25) is 4.79 Å². The predicted octanol–water partition coefficient (Wildman–Crippen LogP) is 0.932. The molecular weight excluding hydrogens is 244 g/mol. The third-order valence-electron chi connectivity index (χ3n) is 3.12. The molecule has 1 aromatic rings. The van der Waals surface area contributed by atoms with Gasteiger partial charge in [-0.1, -0.05) is 0 Å². The number of anilines is 1. The van der Waals surface area contributed by atoms with Crippen molar-refractivity contribution in [1.82, 2.24) is 5.32 Å². The summed E-state index contributed by atoms with van der Waals surface area (Å²) in [6, 6.07) is 6.89. The van der Waals surface area contributed by atoms with Gasteiger partial charge in [-0.2, -0.15) is 0 Å². The lowest BCUT2D eigenvalue weighted by Gasteiger charge is -2.22. The summed E-state index contributed by atoms with van der Waals surface area (Å²) in [5.74, 6) is 2.28. The summed E-state index contributed by atoms with van der Waals surface area (Å²) in [4.78, 5) is 22.5. The number of ether oxygens (including phenoxy) is 1. The third-order valence-corrected chi connectivity index (χ3v) is 3.12. The Hall–Kier alpha value is -2.26. The van der Waals surface area contributed by atoms with E-state index in [0.717, 1.165) is 6.42 Å². The van der Waals surface area contributed by atoms with Crippen LogP contribution >= 0.6 is 0 Å². The fourth-order valence-corrected chi connectivity index (χ4v) is 2.01. The monoisotopic (exact) mass is 260 g/mol. The molecule has 0 aliphatic carbocycles. The number of piperidine rings is 1. The molecule has 1 aliphatic rings. The molecular formula is C14H16N2O3. The highest BCUT2D eigenvalue weighted by Crippen LogP contribution is 2.19. The highest BCUT2D eigenvalue weighted by Gasteiger charge is 2.24. The zero-order valence-electron chi connectivity index (χ0n) is 10.5. The molecule has 0 spiro atoms. The molecule has 0 radical (unpaired) electrons. The van der Waals surface area contributed by atoms with E-state index >= 15 is 0 Å². The number of nitrogens with two attached hydrogens (primary N) is 1. The standard InChI is InChI=1S/C14H16N2O3/c15-11-1-3-13(4-2-11)19-9-14(18)10-5-6-16-12(7-10)8-17/h1-4,10,16H,5-7,9,15H2. The Balaban J connectivity index is 1.87. The highest BCUT2D eigenvalue weighted by molar-refractivity contribution is 5.83. The van der Waals surface area contributed by atoms with Crippen molar-refractivity contribution >= 4 is 17.4 Å². The molecule has 5 nitrogen and oxygen atoms in total. The van der Waals surface area contributed by atoms with E-state index in [-0.39, 0.29) is 18.3 Å². The molecule has 1 unspecified atom stereocenters. The SMILES string of the molecule is Nc1ccc(OCC(=O)C2CCNC(=C=O)C2)cc1. The summed E-state index contributed by atoms with van der Waals surface area (Å²) in [7, 11) is 0. The fraction of sp³-hybridized carbons (Fsp3) is 0.357. The minimum atomic E-state index is -0.161. The van der Waals surface area contributed by atoms with Crippen LogP contribution < -0.4 is 15.8 Å². The third kappa shape index (κ3) is 3.60. The second-order valence-corrected chi connectivity index (χ2v) is 4.52. The van der Waals surface area contributed by atoms with Crippen LogP contribution in [0.15, 0.2) is 30.0 Å². The van der Waals surface area contributed by atoms with Crippen molar-refractivity contribution in [2.45, 2.75) is 12.8 Å². The van der Waals surface area contributed by atoms with Gasteiger partial charge in [-0.05, 0) is 30.7 Å². The van der Waals surface area contributed by atoms with Crippen LogP contribution in [0.4, 0.5) is 5.69 Å². The quantitative estimate of drug-likeness (QED) is 0.621. The van der Waals surface area contributed by atoms with Gasteiger partial charge in [0.25, 0.3) is 0 Å². The number of hydrogen-bond acceptors (Lipinski definition) is 5. The van der Waals surface area contributed by atoms with Crippen molar-refractivity contribution in [2.75, 3.05) is 18.9 Å². The first-order chi connectivity index (χ1) is 9.19. The number of rotatable bonds is 4. The van der Waals surface area contributed by atoms with E-state index in [4.69, 9.17) is 10.5 Å². The van der Waals surface area contributed by atoms with E-state index in [2.05, 4.69) is 5.32 Å². The van der Waals surface area contributed by atoms with Crippen LogP contribution in [0.2, 0.25) is 0 Å². The minimum Gasteiger partial charge on any atom is -0.486 e. The number of allylic oxidation sites excluding steroid dienone is 1. The summed E-state index contributed by atoms with van der Waals surface area (Å²) in [5.41, 5.74) is 6.68. The maximum atomic E-state index is 12.0. The van der Waals surface area contributed by atoms with E-state index in [0.29, 0.717) is 30.1 Å². The maximum Gasteiger partial charge on any atom is 0.173 e. The van der Waals surface area contributed by atoms with Gasteiger partial charge in [-0.15, -0.1) is 0 Å². The number of benzene rings is 1. The van der Waals surface area contributed by atoms with E-state index in [1.807, 2.05) is 5.94 Å². The molecule has 3 N–H and O–H groups in total. The van der Waals surface area contributed by atoms with E-state index in [1.165, 1.54) is 0 Å². The van der Waals surface area contributed by atoms with Gasteiger partial charge < -0.3 is 15.8 Å². The fourth-order valence-electron chi connectivity index (χ4n) is 2.01. The molecule has 0 amide bonds. The number of hydrogen-bond donors (Lipinski definition) is 2. The summed E-state index contributed by atoms with van der Waals surface area (Å²) in [6.45, 7) is 0.642. The zero-order valence-corrected chi connectivity index (χ0v) is 10.5. The number of Topliss-reactive ketones (excluding diaryl/α,β-unsaturated/α-hetero) is 1. The molecule has 19 heavy (non-hydrogen) atoms. The molecule has 2 rings (SSSR count). The van der Waals surface area contributed by atoms with Gasteiger partial charge in [0.15, 0.2) is 5.78 Å². The lowest BCUT2D eigenvalue weighted by atomic mass is 9.92. The average molecular weight is 260 g/mol. The number of carbonyl (C=O) groups excluding carboxylic acids is 2. The molecule has 1 aromatic carbocycles. The molecule has 1 saturated heterocycles. The molecule has 100 valence electrons. The Kier molecular flexibility index (Phi) is 4.21. The van der Waals surface area contributed by atoms with Crippen molar-refractivity contribution in [1.29, 1.82) is 0 Å². The second-order valence-electron chi connectivity index (χ2n) is 4.52. The van der Waals surface area contributed by atoms with Crippen molar-refractivity contribution < 1.29 is 14.3 Å². The first kappa shape index (κ1) is 13.2. The largest absolute Gasteiger partial charge is 0.486 e. The zero-order chi connectivity index (χ0) is 13.7. The highest BCUT2D eigenvalue weighted by atomic mass is 16.5. The number of ketones is 1. The van der Waals surface area contributed by atoms with Crippen molar-refractivity contribution in [3.05, 3.63) is 30.0 Å². The smallest absolute Gasteiger partial charge is 0.173 e. The van der Waals surface area contributed by atoms with E-state index in [1.54, 1.807) is 24.3 Å². The van der Waals surface area contributed by atoms with E-state index in [9.17, 15) is 9.59 Å². The minimum absolute atomic E-state index is 0.00562. The van der Waals surface area contributed by atoms with Gasteiger partial charge in [0, 0.05) is 24.6 Å². The Labute approximate surface area is 111 Å². The van der Waals surface area contributed by atoms with Crippen LogP contribution in [0, 0.1) is 5.92 Å². The summed E-state index contributed by atoms with van der Waals surface area (Å²) >= 11 is 0. The first-order valence-corrected chi connectivity index (χ1v) is 6.18. The Morgan fingerprint density at radius 1 is 1.42 bits per heavy atom. The molecule has 1 heterocycles. The number of nitrogen functional groups attached to an aromatic ring is 1. The maximum absolute atomic E-state index is 12.0. The summed E-state index contributed by atoms with van der Waals surface area (Å²) in [5, 5.41) is 2.92. The molecule has 5 heteroatoms. The normalized spacial score (nSPS) is 18.3. The first-order valence-electron chi connectivity index (χ1n) is 6.18. The van der Waals surface area contributed by atoms with Crippen LogP contribution in [0.5, 0.6) is 5.75 Å². The van der Waals surface area contributed by atoms with Crippen molar-refractivity contribution in [2.24, 2.45) is 5.92 Å². The van der Waals surface area contributed by atoms with Gasteiger partial charge in [0.05, 0.1) is 5.70 Å². The predicted molar refractivity (Wildman–Crippen MR) is 71.3 cm³/mol. The number of nitrogens with one attached hydrogen (secondary N) is 1. The summed E-state index contributed by atoms with van der Waals surface area (Å²) in [6.07, 6.45) is 1.14. The lowest BCUT2D eigenvalue weighted by molar-refractivity contribution is -0.125. The molecule has 1 atom stereocenters. The van der Waals surface area contributed by atoms with Gasteiger partial charge in [0.2, 0.25) is 0 Å². The van der Waals surface area contributed by atoms with Crippen LogP contribution in [-0.2, 0) is 9.59 Å². The van der Waals surface area contributed by atoms with Gasteiger partial charge >= 0.3 is 0 Å². The molecule has 0 saturated carbocycles. The number of carbonyl (C=O) groups is 1. The topological polar surface area (TPSA) is 81.4 Å². The second kappa shape index (κ2) is 6.07. The van der Waals surface area contributed by atoms with Crippen molar-refractivity contribution in [3.63, 3.8) is 0 Å². The van der Waals surface area contributed by atoms with Crippen LogP contribution in [0.1, 0.15) is 12.8 Å². The molecule has 0 aromatic heterocycles. The molecule has 1 fully saturated rings. The lowest BCUT2D eigenvalue weighted by Crippen LogP contribution is -2.33. The molecule has 0 bridgehead atoms. The summed E-state index contributed by atoms with van der Waals surface area (Å²) < 4.78 is 5.41. The molecule has 1 aliphatic heterocycles. The van der Waals surface area contributed by atoms with Crippen LogP contribution in [0.3, 0.4) is 0 Å². The van der Waals surface area contributed by atoms with Gasteiger partial charge in [-0.25, -0.2) is 4.79 Å².